The Morgan fingerprint density at radius 1 is 1.05 bits per heavy atom. The van der Waals surface area contributed by atoms with E-state index in [0.29, 0.717) is 0 Å². The number of benzene rings is 1. The number of hydrogen-bond acceptors (Lipinski definition) is 2. The van der Waals surface area contributed by atoms with E-state index in [2.05, 4.69) is 78.8 Å². The van der Waals surface area contributed by atoms with Crippen LogP contribution in [0.25, 0.3) is 5.52 Å². The minimum absolute atomic E-state index is 0.0507. The zero-order valence-electron chi connectivity index (χ0n) is 12.7. The highest BCUT2D eigenvalue weighted by atomic mass is 32.2. The van der Waals surface area contributed by atoms with Gasteiger partial charge in [-0.25, -0.2) is 4.98 Å². The van der Waals surface area contributed by atoms with Crippen LogP contribution in [-0.4, -0.2) is 9.38 Å². The molecule has 0 aliphatic rings. The molecule has 0 N–H and O–H groups in total. The van der Waals surface area contributed by atoms with Crippen LogP contribution in [0.15, 0.2) is 59.8 Å². The highest BCUT2D eigenvalue weighted by molar-refractivity contribution is 7.98. The van der Waals surface area contributed by atoms with Gasteiger partial charge >= 0.3 is 0 Å². The third-order valence-electron chi connectivity index (χ3n) is 3.44. The molecule has 108 valence electrons. The van der Waals surface area contributed by atoms with Gasteiger partial charge in [-0.1, -0.05) is 51.1 Å². The minimum atomic E-state index is 0.0507. The summed E-state index contributed by atoms with van der Waals surface area (Å²) >= 11 is 1.87. The molecule has 0 atom stereocenters. The van der Waals surface area contributed by atoms with Crippen LogP contribution < -0.4 is 0 Å². The summed E-state index contributed by atoms with van der Waals surface area (Å²) in [4.78, 5) is 5.91. The molecule has 0 aliphatic heterocycles. The van der Waals surface area contributed by atoms with Crippen LogP contribution in [0.1, 0.15) is 32.2 Å². The van der Waals surface area contributed by atoms with Crippen molar-refractivity contribution >= 4 is 17.3 Å². The van der Waals surface area contributed by atoms with Crippen molar-refractivity contribution in [2.45, 2.75) is 36.8 Å². The lowest BCUT2D eigenvalue weighted by molar-refractivity contribution is 0.542. The molecule has 0 aliphatic carbocycles. The fourth-order valence-electron chi connectivity index (χ4n) is 2.41. The normalized spacial score (nSPS) is 12.0. The lowest BCUT2D eigenvalue weighted by Crippen LogP contribution is -2.15. The minimum Gasteiger partial charge on any atom is -0.302 e. The first-order chi connectivity index (χ1) is 10.1. The fourth-order valence-corrected chi connectivity index (χ4v) is 3.40. The molecule has 3 heteroatoms. The number of rotatable bonds is 3. The monoisotopic (exact) mass is 296 g/mol. The molecule has 0 amide bonds. The van der Waals surface area contributed by atoms with Crippen LogP contribution >= 0.6 is 11.8 Å². The molecule has 21 heavy (non-hydrogen) atoms. The maximum atomic E-state index is 4.63. The largest absolute Gasteiger partial charge is 0.302 e. The summed E-state index contributed by atoms with van der Waals surface area (Å²) in [6.07, 6.45) is 4.10. The highest BCUT2D eigenvalue weighted by Crippen LogP contribution is 2.30. The Kier molecular flexibility index (Phi) is 3.77. The summed E-state index contributed by atoms with van der Waals surface area (Å²) in [5.74, 6) is 2.09. The predicted octanol–water partition coefficient (Wildman–Crippen LogP) is 4.92. The number of fused-ring (bicyclic) bond motifs is 1. The zero-order chi connectivity index (χ0) is 14.9. The summed E-state index contributed by atoms with van der Waals surface area (Å²) < 4.78 is 2.22. The quantitative estimate of drug-likeness (QED) is 0.638. The van der Waals surface area contributed by atoms with Gasteiger partial charge in [-0.2, -0.15) is 0 Å². The Morgan fingerprint density at radius 3 is 2.52 bits per heavy atom. The Morgan fingerprint density at radius 2 is 1.81 bits per heavy atom. The average molecular weight is 296 g/mol. The van der Waals surface area contributed by atoms with E-state index >= 15 is 0 Å². The first kappa shape index (κ1) is 14.2. The number of thioether (sulfide) groups is 1. The maximum absolute atomic E-state index is 4.63. The van der Waals surface area contributed by atoms with Gasteiger partial charge in [-0.3, -0.25) is 0 Å². The van der Waals surface area contributed by atoms with Gasteiger partial charge in [0.25, 0.3) is 0 Å². The van der Waals surface area contributed by atoms with Crippen LogP contribution in [0.5, 0.6) is 0 Å². The van der Waals surface area contributed by atoms with Gasteiger partial charge in [0.05, 0.1) is 11.7 Å². The Hall–Kier alpha value is -1.74. The maximum Gasteiger partial charge on any atom is 0.118 e. The van der Waals surface area contributed by atoms with E-state index < -0.39 is 0 Å². The van der Waals surface area contributed by atoms with Gasteiger partial charge in [0.2, 0.25) is 0 Å². The van der Waals surface area contributed by atoms with Crippen molar-refractivity contribution in [3.63, 3.8) is 0 Å². The summed E-state index contributed by atoms with van der Waals surface area (Å²) in [5, 5.41) is 0. The second-order valence-electron chi connectivity index (χ2n) is 6.23. The molecular weight excluding hydrogens is 276 g/mol. The van der Waals surface area contributed by atoms with E-state index in [9.17, 15) is 0 Å². The summed E-state index contributed by atoms with van der Waals surface area (Å²) in [6, 6.07) is 14.9. The Labute approximate surface area is 130 Å². The molecule has 1 aromatic carbocycles. The van der Waals surface area contributed by atoms with Gasteiger partial charge < -0.3 is 4.40 Å². The number of hydrogen-bond donors (Lipinski definition) is 0. The van der Waals surface area contributed by atoms with Crippen LogP contribution in [0.3, 0.4) is 0 Å². The lowest BCUT2D eigenvalue weighted by Gasteiger charge is -2.17. The van der Waals surface area contributed by atoms with Crippen molar-refractivity contribution in [3.8, 4) is 0 Å². The highest BCUT2D eigenvalue weighted by Gasteiger charge is 2.20. The second kappa shape index (κ2) is 5.57. The molecule has 3 aromatic rings. The van der Waals surface area contributed by atoms with E-state index in [1.165, 1.54) is 16.0 Å². The van der Waals surface area contributed by atoms with Crippen molar-refractivity contribution in [2.75, 3.05) is 0 Å². The van der Waals surface area contributed by atoms with Crippen molar-refractivity contribution in [1.82, 2.24) is 9.38 Å². The number of pyridine rings is 1. The molecule has 0 radical (unpaired) electrons. The number of imidazole rings is 1. The lowest BCUT2D eigenvalue weighted by atomic mass is 9.96. The molecule has 0 saturated carbocycles. The van der Waals surface area contributed by atoms with Crippen LogP contribution in [0.4, 0.5) is 0 Å². The molecular formula is C18H20N2S. The van der Waals surface area contributed by atoms with Crippen molar-refractivity contribution in [3.05, 3.63) is 66.2 Å². The van der Waals surface area contributed by atoms with E-state index in [1.54, 1.807) is 0 Å². The summed E-state index contributed by atoms with van der Waals surface area (Å²) in [5.41, 5.74) is 2.60. The van der Waals surface area contributed by atoms with E-state index in [1.807, 2.05) is 18.0 Å². The Balaban J connectivity index is 1.91. The van der Waals surface area contributed by atoms with Crippen LogP contribution in [0, 0.1) is 0 Å². The third-order valence-corrected chi connectivity index (χ3v) is 4.57. The second-order valence-corrected chi connectivity index (χ2v) is 7.25. The molecule has 0 bridgehead atoms. The van der Waals surface area contributed by atoms with Crippen molar-refractivity contribution < 1.29 is 0 Å². The first-order valence-electron chi connectivity index (χ1n) is 7.19. The summed E-state index contributed by atoms with van der Waals surface area (Å²) in [6.45, 7) is 6.60. The summed E-state index contributed by atoms with van der Waals surface area (Å²) in [7, 11) is 0. The van der Waals surface area contributed by atoms with Crippen molar-refractivity contribution in [2.24, 2.45) is 0 Å². The van der Waals surface area contributed by atoms with Crippen LogP contribution in [0.2, 0.25) is 0 Å². The van der Waals surface area contributed by atoms with Gasteiger partial charge in [-0.15, -0.1) is 11.8 Å². The smallest absolute Gasteiger partial charge is 0.118 e. The first-order valence-corrected chi connectivity index (χ1v) is 8.17. The third kappa shape index (κ3) is 2.98. The van der Waals surface area contributed by atoms with Crippen molar-refractivity contribution in [1.29, 1.82) is 0 Å². The van der Waals surface area contributed by atoms with E-state index in [-0.39, 0.29) is 5.41 Å². The van der Waals surface area contributed by atoms with Gasteiger partial charge in [-0.05, 0) is 17.7 Å². The molecule has 0 fully saturated rings. The Bertz CT molecular complexity index is 739. The van der Waals surface area contributed by atoms with Crippen LogP contribution in [-0.2, 0) is 11.2 Å². The van der Waals surface area contributed by atoms with Gasteiger partial charge in [0.15, 0.2) is 0 Å². The van der Waals surface area contributed by atoms with E-state index in [4.69, 9.17) is 0 Å². The number of nitrogens with zero attached hydrogens (tertiary/aromatic N) is 2. The molecule has 2 aromatic heterocycles. The fraction of sp³-hybridized carbons (Fsp3) is 0.278. The number of aromatic nitrogens is 2. The topological polar surface area (TPSA) is 17.3 Å². The molecule has 0 spiro atoms. The average Bonchev–Trinajstić information content (AvgIpc) is 2.90. The molecule has 3 rings (SSSR count). The zero-order valence-corrected chi connectivity index (χ0v) is 13.5. The molecule has 0 unspecified atom stereocenters. The molecule has 0 saturated heterocycles. The van der Waals surface area contributed by atoms with E-state index in [0.717, 1.165) is 11.6 Å². The molecule has 2 heterocycles. The SMILES string of the molecule is CC(C)(C)c1ncc2c(SCc3ccccc3)cccn12. The molecule has 2 nitrogen and oxygen atoms in total. The predicted molar refractivity (Wildman–Crippen MR) is 89.9 cm³/mol. The standard InChI is InChI=1S/C18H20N2S/c1-18(2,3)17-19-12-15-16(10-7-11-20(15)17)21-13-14-8-5-4-6-9-14/h4-12H,13H2,1-3H3. The van der Waals surface area contributed by atoms with Gasteiger partial charge in [0, 0.05) is 22.3 Å². The van der Waals surface area contributed by atoms with Gasteiger partial charge in [0.1, 0.15) is 5.82 Å².